The average Bonchev–Trinajstić information content (AvgIpc) is 3.15. The molecule has 1 saturated carbocycles. The van der Waals surface area contributed by atoms with Crippen LogP contribution in [0.5, 0.6) is 0 Å². The van der Waals surface area contributed by atoms with E-state index in [2.05, 4.69) is 52.1 Å². The van der Waals surface area contributed by atoms with Crippen LogP contribution in [0.3, 0.4) is 0 Å². The van der Waals surface area contributed by atoms with Crippen molar-refractivity contribution < 1.29 is 14.3 Å². The lowest BCUT2D eigenvalue weighted by Gasteiger charge is -2.36. The second-order valence-electron chi connectivity index (χ2n) is 8.10. The molecule has 1 aliphatic rings. The van der Waals surface area contributed by atoms with Crippen molar-refractivity contribution >= 4 is 14.3 Å². The van der Waals surface area contributed by atoms with Crippen LogP contribution in [0, 0.1) is 0 Å². The van der Waals surface area contributed by atoms with Gasteiger partial charge in [0.2, 0.25) is 0 Å². The molecule has 3 nitrogen and oxygen atoms in total. The van der Waals surface area contributed by atoms with Gasteiger partial charge in [0, 0.05) is 5.41 Å². The molecule has 0 saturated heterocycles. The van der Waals surface area contributed by atoms with E-state index in [9.17, 15) is 4.79 Å². The van der Waals surface area contributed by atoms with Crippen LogP contribution in [0.4, 0.5) is 0 Å². The lowest BCUT2D eigenvalue weighted by molar-refractivity contribution is -0.137. The minimum atomic E-state index is -1.76. The molecule has 1 N–H and O–H groups in total. The van der Waals surface area contributed by atoms with Gasteiger partial charge in [-0.3, -0.25) is 4.79 Å². The lowest BCUT2D eigenvalue weighted by Crippen LogP contribution is -2.40. The summed E-state index contributed by atoms with van der Waals surface area (Å²) in [6.45, 7) is 11.8. The van der Waals surface area contributed by atoms with E-state index in [-0.39, 0.29) is 16.9 Å². The van der Waals surface area contributed by atoms with Gasteiger partial charge in [-0.1, -0.05) is 45.0 Å². The van der Waals surface area contributed by atoms with Gasteiger partial charge in [-0.2, -0.15) is 0 Å². The monoisotopic (exact) mass is 320 g/mol. The molecule has 0 heterocycles. The molecule has 0 aliphatic heterocycles. The van der Waals surface area contributed by atoms with E-state index < -0.39 is 14.3 Å². The first-order valence-corrected chi connectivity index (χ1v) is 10.9. The number of carboxylic acids is 1. The molecular formula is C18H28O3Si. The van der Waals surface area contributed by atoms with Crippen LogP contribution in [0.25, 0.3) is 0 Å². The van der Waals surface area contributed by atoms with Crippen LogP contribution in [0.1, 0.15) is 51.2 Å². The second-order valence-corrected chi connectivity index (χ2v) is 12.9. The van der Waals surface area contributed by atoms with Gasteiger partial charge in [0.25, 0.3) is 0 Å². The molecule has 0 unspecified atom stereocenters. The van der Waals surface area contributed by atoms with Gasteiger partial charge >= 0.3 is 5.97 Å². The molecule has 0 radical (unpaired) electrons. The zero-order chi connectivity index (χ0) is 16.6. The Morgan fingerprint density at radius 3 is 2.45 bits per heavy atom. The number of aliphatic carboxylic acids is 1. The standard InChI is InChI=1S/C18H28O3Si/c1-17(2,3)22(4,5)21-13-14-7-6-8-15(11-14)18(9-10-18)12-16(19)20/h6-8,11H,9-10,12-13H2,1-5H3,(H,19,20). The van der Waals surface area contributed by atoms with Gasteiger partial charge < -0.3 is 9.53 Å². The smallest absolute Gasteiger partial charge is 0.304 e. The summed E-state index contributed by atoms with van der Waals surface area (Å²) in [5.41, 5.74) is 2.18. The minimum Gasteiger partial charge on any atom is -0.481 e. The summed E-state index contributed by atoms with van der Waals surface area (Å²) in [6, 6.07) is 8.31. The Balaban J connectivity index is 2.09. The Morgan fingerprint density at radius 1 is 1.32 bits per heavy atom. The minimum absolute atomic E-state index is 0.126. The molecule has 0 spiro atoms. The summed E-state index contributed by atoms with van der Waals surface area (Å²) in [5.74, 6) is -0.708. The fourth-order valence-corrected chi connectivity index (χ4v) is 3.44. The normalized spacial score (nSPS) is 17.3. The van der Waals surface area contributed by atoms with E-state index in [1.54, 1.807) is 0 Å². The third-order valence-corrected chi connectivity index (χ3v) is 9.77. The number of hydrogen-bond acceptors (Lipinski definition) is 2. The number of hydrogen-bond donors (Lipinski definition) is 1. The maximum atomic E-state index is 11.1. The van der Waals surface area contributed by atoms with Gasteiger partial charge in [-0.25, -0.2) is 0 Å². The Labute approximate surface area is 134 Å². The maximum Gasteiger partial charge on any atom is 0.304 e. The molecule has 1 aliphatic carbocycles. The van der Waals surface area contributed by atoms with E-state index in [4.69, 9.17) is 9.53 Å². The van der Waals surface area contributed by atoms with E-state index in [0.29, 0.717) is 6.61 Å². The van der Waals surface area contributed by atoms with Crippen molar-refractivity contribution in [2.45, 2.75) is 70.2 Å². The van der Waals surface area contributed by atoms with E-state index in [0.717, 1.165) is 24.0 Å². The lowest BCUT2D eigenvalue weighted by atomic mass is 9.91. The van der Waals surface area contributed by atoms with Crippen molar-refractivity contribution in [2.24, 2.45) is 0 Å². The molecule has 0 bridgehead atoms. The number of carbonyl (C=O) groups is 1. The molecular weight excluding hydrogens is 292 g/mol. The van der Waals surface area contributed by atoms with Crippen LogP contribution >= 0.6 is 0 Å². The van der Waals surface area contributed by atoms with Crippen molar-refractivity contribution in [1.29, 1.82) is 0 Å². The summed E-state index contributed by atoms with van der Waals surface area (Å²) in [7, 11) is -1.76. The largest absolute Gasteiger partial charge is 0.481 e. The molecule has 0 aromatic heterocycles. The maximum absolute atomic E-state index is 11.1. The Bertz CT molecular complexity index is 554. The van der Waals surface area contributed by atoms with Gasteiger partial charge in [-0.05, 0) is 42.1 Å². The predicted octanol–water partition coefficient (Wildman–Crippen LogP) is 4.71. The average molecular weight is 321 g/mol. The van der Waals surface area contributed by atoms with Crippen LogP contribution in [-0.2, 0) is 21.2 Å². The highest BCUT2D eigenvalue weighted by Crippen LogP contribution is 2.51. The molecule has 0 atom stereocenters. The first-order valence-electron chi connectivity index (χ1n) is 8.01. The van der Waals surface area contributed by atoms with Crippen LogP contribution in [0.2, 0.25) is 18.1 Å². The first-order chi connectivity index (χ1) is 10.1. The molecule has 4 heteroatoms. The molecule has 22 heavy (non-hydrogen) atoms. The van der Waals surface area contributed by atoms with Gasteiger partial charge in [-0.15, -0.1) is 0 Å². The molecule has 0 amide bonds. The quantitative estimate of drug-likeness (QED) is 0.772. The third kappa shape index (κ3) is 3.79. The van der Waals surface area contributed by atoms with Crippen molar-refractivity contribution in [2.75, 3.05) is 0 Å². The van der Waals surface area contributed by atoms with Crippen molar-refractivity contribution in [3.8, 4) is 0 Å². The molecule has 2 rings (SSSR count). The van der Waals surface area contributed by atoms with Gasteiger partial charge in [0.05, 0.1) is 13.0 Å². The molecule has 1 aromatic carbocycles. The Hall–Kier alpha value is -1.13. The number of rotatable bonds is 6. The highest BCUT2D eigenvalue weighted by atomic mass is 28.4. The summed E-state index contributed by atoms with van der Waals surface area (Å²) < 4.78 is 6.27. The summed E-state index contributed by atoms with van der Waals surface area (Å²) in [6.07, 6.45) is 2.19. The Kier molecular flexibility index (Phi) is 4.55. The molecule has 1 aromatic rings. The van der Waals surface area contributed by atoms with E-state index >= 15 is 0 Å². The van der Waals surface area contributed by atoms with Crippen LogP contribution < -0.4 is 0 Å². The fourth-order valence-electron chi connectivity index (χ4n) is 2.48. The zero-order valence-electron chi connectivity index (χ0n) is 14.4. The van der Waals surface area contributed by atoms with Crippen molar-refractivity contribution in [1.82, 2.24) is 0 Å². The van der Waals surface area contributed by atoms with Gasteiger partial charge in [0.15, 0.2) is 8.32 Å². The van der Waals surface area contributed by atoms with Crippen molar-refractivity contribution in [3.63, 3.8) is 0 Å². The van der Waals surface area contributed by atoms with Crippen LogP contribution in [0.15, 0.2) is 24.3 Å². The zero-order valence-corrected chi connectivity index (χ0v) is 15.4. The highest BCUT2D eigenvalue weighted by Gasteiger charge is 2.46. The summed E-state index contributed by atoms with van der Waals surface area (Å²) in [5, 5.41) is 9.30. The third-order valence-electron chi connectivity index (χ3n) is 5.29. The predicted molar refractivity (Wildman–Crippen MR) is 91.6 cm³/mol. The molecule has 1 fully saturated rings. The Morgan fingerprint density at radius 2 is 1.95 bits per heavy atom. The first kappa shape index (κ1) is 17.2. The number of carboxylic acid groups (broad SMARTS) is 1. The topological polar surface area (TPSA) is 46.5 Å². The second kappa shape index (κ2) is 5.82. The highest BCUT2D eigenvalue weighted by molar-refractivity contribution is 6.74. The van der Waals surface area contributed by atoms with Gasteiger partial charge in [0.1, 0.15) is 0 Å². The fraction of sp³-hybridized carbons (Fsp3) is 0.611. The molecule has 122 valence electrons. The van der Waals surface area contributed by atoms with Crippen LogP contribution in [-0.4, -0.2) is 19.4 Å². The number of benzene rings is 1. The summed E-state index contributed by atoms with van der Waals surface area (Å²) in [4.78, 5) is 11.1. The van der Waals surface area contributed by atoms with Crippen molar-refractivity contribution in [3.05, 3.63) is 35.4 Å². The van der Waals surface area contributed by atoms with E-state index in [1.807, 2.05) is 6.07 Å². The SMILES string of the molecule is CC(C)(C)[Si](C)(C)OCc1cccc(C2(CC(=O)O)CC2)c1. The van der Waals surface area contributed by atoms with E-state index in [1.165, 1.54) is 0 Å². The summed E-state index contributed by atoms with van der Waals surface area (Å²) >= 11 is 0.